The fourth-order valence-corrected chi connectivity index (χ4v) is 1.53. The quantitative estimate of drug-likeness (QED) is 0.870. The van der Waals surface area contributed by atoms with E-state index in [0.29, 0.717) is 13.0 Å². The van der Waals surface area contributed by atoms with Crippen molar-refractivity contribution in [1.29, 1.82) is 0 Å². The van der Waals surface area contributed by atoms with E-state index >= 15 is 0 Å². The molecule has 1 atom stereocenters. The van der Waals surface area contributed by atoms with E-state index in [4.69, 9.17) is 9.84 Å². The average molecular weight is 250 g/mol. The predicted octanol–water partition coefficient (Wildman–Crippen LogP) is 3.47. The summed E-state index contributed by atoms with van der Waals surface area (Å²) < 4.78 is 5.53. The molecular weight excluding hydrogens is 228 g/mol. The van der Waals surface area contributed by atoms with Gasteiger partial charge in [-0.1, -0.05) is 39.8 Å². The van der Waals surface area contributed by atoms with Crippen molar-refractivity contribution in [3.63, 3.8) is 0 Å². The number of hydrogen-bond donors (Lipinski definition) is 1. The second-order valence-corrected chi connectivity index (χ2v) is 5.65. The molecule has 0 heterocycles. The van der Waals surface area contributed by atoms with Crippen molar-refractivity contribution in [2.75, 3.05) is 6.61 Å². The van der Waals surface area contributed by atoms with Crippen LogP contribution in [-0.2, 0) is 10.2 Å². The molecule has 0 spiro atoms. The van der Waals surface area contributed by atoms with E-state index in [1.165, 1.54) is 5.56 Å². The number of ether oxygens (including phenoxy) is 1. The Bertz CT molecular complexity index is 387. The summed E-state index contributed by atoms with van der Waals surface area (Å²) in [5.74, 6) is -0.346. The molecular formula is C15H22O3. The van der Waals surface area contributed by atoms with Crippen LogP contribution in [0.2, 0.25) is 0 Å². The topological polar surface area (TPSA) is 46.5 Å². The first-order valence-electron chi connectivity index (χ1n) is 6.27. The van der Waals surface area contributed by atoms with Crippen LogP contribution >= 0.6 is 0 Å². The van der Waals surface area contributed by atoms with Crippen molar-refractivity contribution in [1.82, 2.24) is 0 Å². The van der Waals surface area contributed by atoms with Crippen LogP contribution in [0.15, 0.2) is 24.3 Å². The average Bonchev–Trinajstić information content (AvgIpc) is 2.28. The van der Waals surface area contributed by atoms with Gasteiger partial charge < -0.3 is 9.84 Å². The Morgan fingerprint density at radius 3 is 2.28 bits per heavy atom. The molecule has 18 heavy (non-hydrogen) atoms. The van der Waals surface area contributed by atoms with Crippen LogP contribution in [0.3, 0.4) is 0 Å². The Hall–Kier alpha value is -1.51. The minimum atomic E-state index is -0.776. The van der Waals surface area contributed by atoms with Crippen LogP contribution in [0.25, 0.3) is 0 Å². The van der Waals surface area contributed by atoms with Crippen LogP contribution in [0.5, 0.6) is 5.75 Å². The molecule has 0 bridgehead atoms. The van der Waals surface area contributed by atoms with Crippen molar-refractivity contribution in [3.8, 4) is 5.75 Å². The van der Waals surface area contributed by atoms with Gasteiger partial charge in [0.2, 0.25) is 0 Å². The summed E-state index contributed by atoms with van der Waals surface area (Å²) in [6.07, 6.45) is 0.524. The van der Waals surface area contributed by atoms with Gasteiger partial charge in [-0.2, -0.15) is 0 Å². The molecule has 1 N–H and O–H groups in total. The smallest absolute Gasteiger partial charge is 0.306 e. The molecule has 0 amide bonds. The van der Waals surface area contributed by atoms with Gasteiger partial charge in [0.15, 0.2) is 0 Å². The Morgan fingerprint density at radius 2 is 1.83 bits per heavy atom. The van der Waals surface area contributed by atoms with Crippen LogP contribution in [-0.4, -0.2) is 17.7 Å². The van der Waals surface area contributed by atoms with E-state index in [9.17, 15) is 4.79 Å². The second kappa shape index (κ2) is 5.89. The second-order valence-electron chi connectivity index (χ2n) is 5.65. The molecule has 0 saturated carbocycles. The molecule has 0 aliphatic heterocycles. The zero-order valence-corrected chi connectivity index (χ0v) is 11.6. The Morgan fingerprint density at radius 1 is 1.28 bits per heavy atom. The lowest BCUT2D eigenvalue weighted by Gasteiger charge is -2.19. The highest BCUT2D eigenvalue weighted by Crippen LogP contribution is 2.24. The van der Waals surface area contributed by atoms with Gasteiger partial charge >= 0.3 is 5.97 Å². The lowest BCUT2D eigenvalue weighted by Crippen LogP contribution is -2.13. The van der Waals surface area contributed by atoms with Crippen molar-refractivity contribution < 1.29 is 14.6 Å². The number of carboxylic acids is 1. The van der Waals surface area contributed by atoms with E-state index < -0.39 is 5.97 Å². The van der Waals surface area contributed by atoms with Crippen LogP contribution in [0.1, 0.15) is 39.7 Å². The molecule has 0 saturated heterocycles. The summed E-state index contributed by atoms with van der Waals surface area (Å²) in [7, 11) is 0. The van der Waals surface area contributed by atoms with Gasteiger partial charge in [0, 0.05) is 0 Å². The molecule has 1 unspecified atom stereocenters. The molecule has 0 radical (unpaired) electrons. The van der Waals surface area contributed by atoms with Gasteiger partial charge in [-0.15, -0.1) is 0 Å². The molecule has 0 aromatic heterocycles. The standard InChI is InChI=1S/C15H22O3/c1-11(14(16)17)9-10-18-13-7-5-12(6-8-13)15(2,3)4/h5-8,11H,9-10H2,1-4H3,(H,16,17). The highest BCUT2D eigenvalue weighted by molar-refractivity contribution is 5.69. The molecule has 0 aliphatic carbocycles. The summed E-state index contributed by atoms with van der Waals surface area (Å²) >= 11 is 0. The number of rotatable bonds is 5. The van der Waals surface area contributed by atoms with Crippen LogP contribution in [0, 0.1) is 5.92 Å². The maximum Gasteiger partial charge on any atom is 0.306 e. The largest absolute Gasteiger partial charge is 0.494 e. The number of carboxylic acid groups (broad SMARTS) is 1. The third kappa shape index (κ3) is 4.40. The van der Waals surface area contributed by atoms with Gasteiger partial charge in [-0.25, -0.2) is 0 Å². The first-order chi connectivity index (χ1) is 8.30. The lowest BCUT2D eigenvalue weighted by molar-refractivity contribution is -0.141. The fraction of sp³-hybridized carbons (Fsp3) is 0.533. The van der Waals surface area contributed by atoms with Crippen LogP contribution in [0.4, 0.5) is 0 Å². The maximum atomic E-state index is 10.6. The maximum absolute atomic E-state index is 10.6. The SMILES string of the molecule is CC(CCOc1ccc(C(C)(C)C)cc1)C(=O)O. The first-order valence-corrected chi connectivity index (χ1v) is 6.27. The minimum Gasteiger partial charge on any atom is -0.494 e. The highest BCUT2D eigenvalue weighted by atomic mass is 16.5. The van der Waals surface area contributed by atoms with E-state index in [0.717, 1.165) is 5.75 Å². The molecule has 1 aromatic rings. The molecule has 3 heteroatoms. The predicted molar refractivity (Wildman–Crippen MR) is 72.1 cm³/mol. The van der Waals surface area contributed by atoms with Crippen molar-refractivity contribution in [3.05, 3.63) is 29.8 Å². The molecule has 1 aromatic carbocycles. The third-order valence-corrected chi connectivity index (χ3v) is 2.96. The Labute approximate surface area is 109 Å². The Kier molecular flexibility index (Phi) is 4.76. The van der Waals surface area contributed by atoms with Crippen molar-refractivity contribution in [2.45, 2.75) is 39.5 Å². The van der Waals surface area contributed by atoms with E-state index in [-0.39, 0.29) is 11.3 Å². The highest BCUT2D eigenvalue weighted by Gasteiger charge is 2.13. The summed E-state index contributed by atoms with van der Waals surface area (Å²) in [4.78, 5) is 10.6. The van der Waals surface area contributed by atoms with Crippen LogP contribution < -0.4 is 4.74 Å². The zero-order chi connectivity index (χ0) is 13.8. The molecule has 0 aliphatic rings. The number of hydrogen-bond acceptors (Lipinski definition) is 2. The number of aliphatic carboxylic acids is 1. The third-order valence-electron chi connectivity index (χ3n) is 2.96. The molecule has 0 fully saturated rings. The number of carbonyl (C=O) groups is 1. The van der Waals surface area contributed by atoms with Gasteiger partial charge in [0.05, 0.1) is 12.5 Å². The van der Waals surface area contributed by atoms with E-state index in [2.05, 4.69) is 32.9 Å². The van der Waals surface area contributed by atoms with Gasteiger partial charge in [0.25, 0.3) is 0 Å². The minimum absolute atomic E-state index is 0.135. The fourth-order valence-electron chi connectivity index (χ4n) is 1.53. The lowest BCUT2D eigenvalue weighted by atomic mass is 9.87. The van der Waals surface area contributed by atoms with E-state index in [1.54, 1.807) is 6.92 Å². The monoisotopic (exact) mass is 250 g/mol. The van der Waals surface area contributed by atoms with Crippen molar-refractivity contribution in [2.24, 2.45) is 5.92 Å². The molecule has 3 nitrogen and oxygen atoms in total. The zero-order valence-electron chi connectivity index (χ0n) is 11.6. The summed E-state index contributed by atoms with van der Waals surface area (Å²) in [5, 5.41) is 8.75. The number of benzene rings is 1. The summed E-state index contributed by atoms with van der Waals surface area (Å²) in [6, 6.07) is 7.98. The van der Waals surface area contributed by atoms with Crippen molar-refractivity contribution >= 4 is 5.97 Å². The van der Waals surface area contributed by atoms with E-state index in [1.807, 2.05) is 12.1 Å². The molecule has 100 valence electrons. The van der Waals surface area contributed by atoms with Gasteiger partial charge in [0.1, 0.15) is 5.75 Å². The Balaban J connectivity index is 2.47. The first kappa shape index (κ1) is 14.6. The summed E-state index contributed by atoms with van der Waals surface area (Å²) in [5.41, 5.74) is 1.39. The normalized spacial score (nSPS) is 13.1. The van der Waals surface area contributed by atoms with Gasteiger partial charge in [-0.05, 0) is 29.5 Å². The molecule has 1 rings (SSSR count). The van der Waals surface area contributed by atoms with Gasteiger partial charge in [-0.3, -0.25) is 4.79 Å². The summed E-state index contributed by atoms with van der Waals surface area (Å²) in [6.45, 7) is 8.61.